The maximum Gasteiger partial charge on any atom is 0.289 e. The minimum Gasteiger partial charge on any atom is -0.453 e. The van der Waals surface area contributed by atoms with E-state index in [9.17, 15) is 4.79 Å². The fraction of sp³-hybridized carbons (Fsp3) is 0.350. The Bertz CT molecular complexity index is 903. The summed E-state index contributed by atoms with van der Waals surface area (Å²) >= 11 is 0. The third-order valence-corrected chi connectivity index (χ3v) is 4.95. The molecule has 1 fully saturated rings. The van der Waals surface area contributed by atoms with Crippen LogP contribution in [0.25, 0.3) is 0 Å². The largest absolute Gasteiger partial charge is 0.453 e. The zero-order valence-corrected chi connectivity index (χ0v) is 15.0. The molecule has 7 heteroatoms. The number of amides is 1. The van der Waals surface area contributed by atoms with Crippen molar-refractivity contribution >= 4 is 5.91 Å². The second-order valence-corrected chi connectivity index (χ2v) is 6.78. The van der Waals surface area contributed by atoms with Gasteiger partial charge in [0.15, 0.2) is 5.76 Å². The highest BCUT2D eigenvalue weighted by Crippen LogP contribution is 2.27. The molecular formula is C20H22N4O3. The molecule has 1 saturated heterocycles. The van der Waals surface area contributed by atoms with Crippen molar-refractivity contribution in [3.63, 3.8) is 0 Å². The van der Waals surface area contributed by atoms with Crippen LogP contribution in [-0.4, -0.2) is 43.5 Å². The minimum absolute atomic E-state index is 0.133. The van der Waals surface area contributed by atoms with Crippen molar-refractivity contribution in [2.75, 3.05) is 13.1 Å². The number of aliphatic hydroxyl groups is 1. The van der Waals surface area contributed by atoms with Crippen molar-refractivity contribution in [2.24, 2.45) is 0 Å². The fourth-order valence-corrected chi connectivity index (χ4v) is 3.61. The number of likely N-dealkylation sites (tertiary alicyclic amines) is 1. The third-order valence-electron chi connectivity index (χ3n) is 4.95. The average Bonchev–Trinajstić information content (AvgIpc) is 3.38. The second kappa shape index (κ2) is 7.75. The summed E-state index contributed by atoms with van der Waals surface area (Å²) in [5.41, 5.74) is 1.17. The van der Waals surface area contributed by atoms with Crippen molar-refractivity contribution < 1.29 is 14.3 Å². The molecule has 4 rings (SSSR count). The first-order valence-corrected chi connectivity index (χ1v) is 9.13. The van der Waals surface area contributed by atoms with E-state index in [-0.39, 0.29) is 24.2 Å². The van der Waals surface area contributed by atoms with Crippen LogP contribution in [0.15, 0.2) is 53.5 Å². The molecule has 0 unspecified atom stereocenters. The Hall–Kier alpha value is -2.93. The number of pyridine rings is 1. The van der Waals surface area contributed by atoms with E-state index in [1.54, 1.807) is 24.5 Å². The van der Waals surface area contributed by atoms with Gasteiger partial charge in [0.05, 0.1) is 0 Å². The van der Waals surface area contributed by atoms with Gasteiger partial charge in [0.2, 0.25) is 0 Å². The molecule has 0 bridgehead atoms. The Balaban J connectivity index is 1.49. The summed E-state index contributed by atoms with van der Waals surface area (Å²) in [4.78, 5) is 23.2. The van der Waals surface area contributed by atoms with Crippen LogP contribution in [0.2, 0.25) is 0 Å². The predicted molar refractivity (Wildman–Crippen MR) is 98.1 cm³/mol. The van der Waals surface area contributed by atoms with Gasteiger partial charge in [-0.05, 0) is 42.7 Å². The van der Waals surface area contributed by atoms with Crippen molar-refractivity contribution in [3.8, 4) is 0 Å². The highest BCUT2D eigenvalue weighted by atomic mass is 16.4. The standard InChI is InChI=1S/C20H22N4O3/c25-14-17-3-4-18(27-17)20(26)24-10-1-2-16(13-24)19-22-9-11-23(19)12-15-5-7-21-8-6-15/h3-9,11,16,25H,1-2,10,12-14H2/t16-/m0/s1. The van der Waals surface area contributed by atoms with E-state index in [0.29, 0.717) is 18.8 Å². The monoisotopic (exact) mass is 366 g/mol. The fourth-order valence-electron chi connectivity index (χ4n) is 3.61. The number of nitrogens with zero attached hydrogens (tertiary/aromatic N) is 4. The van der Waals surface area contributed by atoms with E-state index in [2.05, 4.69) is 14.5 Å². The molecule has 140 valence electrons. The van der Waals surface area contributed by atoms with E-state index < -0.39 is 0 Å². The Morgan fingerprint density at radius 2 is 2.07 bits per heavy atom. The van der Waals surface area contributed by atoms with E-state index in [0.717, 1.165) is 25.2 Å². The summed E-state index contributed by atoms with van der Waals surface area (Å²) in [5.74, 6) is 1.73. The lowest BCUT2D eigenvalue weighted by molar-refractivity contribution is 0.0666. The van der Waals surface area contributed by atoms with Gasteiger partial charge in [-0.1, -0.05) is 0 Å². The number of aromatic nitrogens is 3. The van der Waals surface area contributed by atoms with Gasteiger partial charge >= 0.3 is 0 Å². The number of furan rings is 1. The number of carbonyl (C=O) groups is 1. The van der Waals surface area contributed by atoms with E-state index in [4.69, 9.17) is 9.52 Å². The van der Waals surface area contributed by atoms with E-state index >= 15 is 0 Å². The highest BCUT2D eigenvalue weighted by molar-refractivity contribution is 5.91. The van der Waals surface area contributed by atoms with E-state index in [1.807, 2.05) is 29.4 Å². The van der Waals surface area contributed by atoms with Crippen LogP contribution in [0.5, 0.6) is 0 Å². The number of hydrogen-bond donors (Lipinski definition) is 1. The third kappa shape index (κ3) is 3.78. The summed E-state index contributed by atoms with van der Waals surface area (Å²) in [5, 5.41) is 9.13. The van der Waals surface area contributed by atoms with Crippen molar-refractivity contribution in [3.05, 3.63) is 72.0 Å². The Kier molecular flexibility index (Phi) is 5.02. The molecule has 27 heavy (non-hydrogen) atoms. The zero-order chi connectivity index (χ0) is 18.6. The van der Waals surface area contributed by atoms with Crippen LogP contribution >= 0.6 is 0 Å². The molecule has 0 saturated carbocycles. The average molecular weight is 366 g/mol. The maximum absolute atomic E-state index is 12.7. The summed E-state index contributed by atoms with van der Waals surface area (Å²) in [7, 11) is 0. The lowest BCUT2D eigenvalue weighted by Crippen LogP contribution is -2.39. The molecule has 1 N–H and O–H groups in total. The molecule has 0 spiro atoms. The number of piperidine rings is 1. The number of aliphatic hydroxyl groups excluding tert-OH is 1. The lowest BCUT2D eigenvalue weighted by Gasteiger charge is -2.32. The minimum atomic E-state index is -0.206. The molecule has 1 atom stereocenters. The van der Waals surface area contributed by atoms with Gasteiger partial charge in [-0.3, -0.25) is 9.78 Å². The van der Waals surface area contributed by atoms with Gasteiger partial charge in [0, 0.05) is 50.3 Å². The molecule has 4 heterocycles. The smallest absolute Gasteiger partial charge is 0.289 e. The second-order valence-electron chi connectivity index (χ2n) is 6.78. The van der Waals surface area contributed by atoms with Crippen LogP contribution in [0.4, 0.5) is 0 Å². The van der Waals surface area contributed by atoms with Crippen molar-refractivity contribution in [1.29, 1.82) is 0 Å². The molecule has 0 aliphatic carbocycles. The Labute approximate surface area is 157 Å². The first kappa shape index (κ1) is 17.5. The SMILES string of the molecule is O=C(c1ccc(CO)o1)N1CCC[C@H](c2nccn2Cc2ccncc2)C1. The molecule has 0 aromatic carbocycles. The van der Waals surface area contributed by atoms with Gasteiger partial charge in [-0.15, -0.1) is 0 Å². The van der Waals surface area contributed by atoms with Crippen LogP contribution in [0.3, 0.4) is 0 Å². The Morgan fingerprint density at radius 1 is 1.22 bits per heavy atom. The van der Waals surface area contributed by atoms with Gasteiger partial charge in [-0.2, -0.15) is 0 Å². The van der Waals surface area contributed by atoms with Crippen molar-refractivity contribution in [2.45, 2.75) is 31.9 Å². The molecule has 1 aliphatic rings. The van der Waals surface area contributed by atoms with Crippen LogP contribution in [-0.2, 0) is 13.2 Å². The molecule has 1 aliphatic heterocycles. The highest BCUT2D eigenvalue weighted by Gasteiger charge is 2.29. The number of imidazole rings is 1. The normalized spacial score (nSPS) is 17.2. The first-order valence-electron chi connectivity index (χ1n) is 9.13. The van der Waals surface area contributed by atoms with Crippen LogP contribution < -0.4 is 0 Å². The summed E-state index contributed by atoms with van der Waals surface area (Å²) < 4.78 is 7.55. The van der Waals surface area contributed by atoms with Gasteiger partial charge < -0.3 is 19.0 Å². The molecule has 1 amide bonds. The van der Waals surface area contributed by atoms with Gasteiger partial charge in [0.25, 0.3) is 5.91 Å². The summed E-state index contributed by atoms with van der Waals surface area (Å²) in [6.45, 7) is 1.85. The molecule has 7 nitrogen and oxygen atoms in total. The predicted octanol–water partition coefficient (Wildman–Crippen LogP) is 2.43. The number of hydrogen-bond acceptors (Lipinski definition) is 5. The molecule has 3 aromatic heterocycles. The topological polar surface area (TPSA) is 84.4 Å². The summed E-state index contributed by atoms with van der Waals surface area (Å²) in [6, 6.07) is 7.25. The molecule has 3 aromatic rings. The Morgan fingerprint density at radius 3 is 2.85 bits per heavy atom. The zero-order valence-electron chi connectivity index (χ0n) is 15.0. The first-order chi connectivity index (χ1) is 13.2. The lowest BCUT2D eigenvalue weighted by atomic mass is 9.96. The van der Waals surface area contributed by atoms with E-state index in [1.165, 1.54) is 5.56 Å². The van der Waals surface area contributed by atoms with Gasteiger partial charge in [0.1, 0.15) is 18.2 Å². The summed E-state index contributed by atoms with van der Waals surface area (Å²) in [6.07, 6.45) is 9.30. The molecule has 0 radical (unpaired) electrons. The van der Waals surface area contributed by atoms with Crippen molar-refractivity contribution in [1.82, 2.24) is 19.4 Å². The molecular weight excluding hydrogens is 344 g/mol. The van der Waals surface area contributed by atoms with Crippen LogP contribution in [0.1, 0.15) is 46.5 Å². The number of carbonyl (C=O) groups excluding carboxylic acids is 1. The quantitative estimate of drug-likeness (QED) is 0.750. The van der Waals surface area contributed by atoms with Gasteiger partial charge in [-0.25, -0.2) is 4.98 Å². The number of rotatable bonds is 5. The maximum atomic E-state index is 12.7. The van der Waals surface area contributed by atoms with Crippen LogP contribution in [0, 0.1) is 0 Å².